The Morgan fingerprint density at radius 3 is 2.25 bits per heavy atom. The standard InChI is InChI=1S/C13H21N3O4/c1-4-19-11(17)13(12(18)20-5-2)6-9(3)10(7-13)8-15-16-14/h9-10H,4-8H2,1-3H3. The van der Waals surface area contributed by atoms with Crippen molar-refractivity contribution < 1.29 is 19.1 Å². The molecule has 0 aliphatic heterocycles. The predicted molar refractivity (Wildman–Crippen MR) is 71.6 cm³/mol. The van der Waals surface area contributed by atoms with Gasteiger partial charge in [-0.1, -0.05) is 12.0 Å². The zero-order chi connectivity index (χ0) is 15.2. The molecule has 0 heterocycles. The Hall–Kier alpha value is -1.75. The maximum Gasteiger partial charge on any atom is 0.323 e. The number of esters is 2. The molecule has 0 amide bonds. The Balaban J connectivity index is 2.98. The van der Waals surface area contributed by atoms with Gasteiger partial charge in [0, 0.05) is 11.5 Å². The highest BCUT2D eigenvalue weighted by Crippen LogP contribution is 2.47. The van der Waals surface area contributed by atoms with E-state index in [1.165, 1.54) is 0 Å². The molecular weight excluding hydrogens is 262 g/mol. The normalized spacial score (nSPS) is 23.8. The van der Waals surface area contributed by atoms with Crippen molar-refractivity contribution in [2.24, 2.45) is 22.4 Å². The Morgan fingerprint density at radius 1 is 1.25 bits per heavy atom. The molecular formula is C13H21N3O4. The van der Waals surface area contributed by atoms with Gasteiger partial charge in [0.25, 0.3) is 0 Å². The summed E-state index contributed by atoms with van der Waals surface area (Å²) >= 11 is 0. The number of azide groups is 1. The summed E-state index contributed by atoms with van der Waals surface area (Å²) in [7, 11) is 0. The van der Waals surface area contributed by atoms with Crippen LogP contribution in [-0.4, -0.2) is 31.7 Å². The number of rotatable bonds is 6. The number of carbonyl (C=O) groups is 2. The molecule has 7 heteroatoms. The number of hydrogen-bond donors (Lipinski definition) is 0. The van der Waals surface area contributed by atoms with Crippen LogP contribution < -0.4 is 0 Å². The zero-order valence-electron chi connectivity index (χ0n) is 12.2. The van der Waals surface area contributed by atoms with Gasteiger partial charge < -0.3 is 9.47 Å². The summed E-state index contributed by atoms with van der Waals surface area (Å²) < 4.78 is 10.1. The number of nitrogens with zero attached hydrogens (tertiary/aromatic N) is 3. The van der Waals surface area contributed by atoms with Crippen LogP contribution in [0.1, 0.15) is 33.6 Å². The number of hydrogen-bond acceptors (Lipinski definition) is 5. The van der Waals surface area contributed by atoms with Crippen molar-refractivity contribution in [1.29, 1.82) is 0 Å². The van der Waals surface area contributed by atoms with Gasteiger partial charge in [0.05, 0.1) is 13.2 Å². The second-order valence-electron chi connectivity index (χ2n) is 5.08. The van der Waals surface area contributed by atoms with Gasteiger partial charge in [-0.05, 0) is 44.1 Å². The third-order valence-corrected chi connectivity index (χ3v) is 3.80. The van der Waals surface area contributed by atoms with Crippen LogP contribution in [0.2, 0.25) is 0 Å². The van der Waals surface area contributed by atoms with Gasteiger partial charge in [0.1, 0.15) is 0 Å². The molecule has 1 fully saturated rings. The van der Waals surface area contributed by atoms with Crippen molar-refractivity contribution in [2.75, 3.05) is 19.8 Å². The highest BCUT2D eigenvalue weighted by atomic mass is 16.6. The first-order valence-corrected chi connectivity index (χ1v) is 6.87. The maximum absolute atomic E-state index is 12.2. The van der Waals surface area contributed by atoms with Crippen molar-refractivity contribution in [2.45, 2.75) is 33.6 Å². The fourth-order valence-corrected chi connectivity index (χ4v) is 2.79. The first-order valence-electron chi connectivity index (χ1n) is 6.87. The average Bonchev–Trinajstić information content (AvgIpc) is 2.75. The molecule has 7 nitrogen and oxygen atoms in total. The molecule has 0 aromatic carbocycles. The molecule has 1 saturated carbocycles. The molecule has 0 bridgehead atoms. The van der Waals surface area contributed by atoms with Crippen molar-refractivity contribution >= 4 is 11.9 Å². The lowest BCUT2D eigenvalue weighted by molar-refractivity contribution is -0.172. The summed E-state index contributed by atoms with van der Waals surface area (Å²) in [6.07, 6.45) is 0.682. The van der Waals surface area contributed by atoms with Crippen LogP contribution >= 0.6 is 0 Å². The van der Waals surface area contributed by atoms with Crippen LogP contribution in [0.25, 0.3) is 10.4 Å². The van der Waals surface area contributed by atoms with Gasteiger partial charge in [0.2, 0.25) is 0 Å². The Morgan fingerprint density at radius 2 is 1.80 bits per heavy atom. The molecule has 2 unspecified atom stereocenters. The Bertz CT molecular complexity index is 400. The summed E-state index contributed by atoms with van der Waals surface area (Å²) in [6.45, 7) is 6.06. The highest BCUT2D eigenvalue weighted by Gasteiger charge is 2.56. The molecule has 0 radical (unpaired) electrons. The topological polar surface area (TPSA) is 101 Å². The molecule has 20 heavy (non-hydrogen) atoms. The van der Waals surface area contributed by atoms with Crippen molar-refractivity contribution in [3.8, 4) is 0 Å². The van der Waals surface area contributed by atoms with Gasteiger partial charge >= 0.3 is 11.9 Å². The lowest BCUT2D eigenvalue weighted by Crippen LogP contribution is -2.40. The van der Waals surface area contributed by atoms with E-state index < -0.39 is 17.4 Å². The molecule has 112 valence electrons. The molecule has 1 rings (SSSR count). The second-order valence-corrected chi connectivity index (χ2v) is 5.08. The summed E-state index contributed by atoms with van der Waals surface area (Å²) in [6, 6.07) is 0. The molecule has 0 N–H and O–H groups in total. The predicted octanol–water partition coefficient (Wildman–Crippen LogP) is 2.46. The monoisotopic (exact) mass is 283 g/mol. The minimum atomic E-state index is -1.25. The van der Waals surface area contributed by atoms with E-state index in [0.717, 1.165) is 0 Å². The Kier molecular flexibility index (Phi) is 5.82. The van der Waals surface area contributed by atoms with Crippen molar-refractivity contribution in [3.05, 3.63) is 10.4 Å². The Labute approximate surface area is 118 Å². The maximum atomic E-state index is 12.2. The highest BCUT2D eigenvalue weighted by molar-refractivity contribution is 6.00. The van der Waals surface area contributed by atoms with Crippen LogP contribution in [-0.2, 0) is 19.1 Å². The quantitative estimate of drug-likeness (QED) is 0.245. The minimum Gasteiger partial charge on any atom is -0.465 e. The summed E-state index contributed by atoms with van der Waals surface area (Å²) in [5, 5.41) is 3.56. The van der Waals surface area contributed by atoms with E-state index >= 15 is 0 Å². The largest absolute Gasteiger partial charge is 0.465 e. The van der Waals surface area contributed by atoms with E-state index in [1.54, 1.807) is 13.8 Å². The third kappa shape index (κ3) is 3.22. The van der Waals surface area contributed by atoms with Gasteiger partial charge in [-0.3, -0.25) is 9.59 Å². The zero-order valence-corrected chi connectivity index (χ0v) is 12.2. The van der Waals surface area contributed by atoms with Gasteiger partial charge in [-0.25, -0.2) is 0 Å². The SMILES string of the molecule is CCOC(=O)C1(C(=O)OCC)CC(C)C(CN=[N+]=[N-])C1. The molecule has 1 aliphatic rings. The fraction of sp³-hybridized carbons (Fsp3) is 0.846. The molecule has 0 aromatic rings. The summed E-state index contributed by atoms with van der Waals surface area (Å²) in [5.41, 5.74) is 7.16. The van der Waals surface area contributed by atoms with Crippen LogP contribution in [0.4, 0.5) is 0 Å². The molecule has 1 aliphatic carbocycles. The van der Waals surface area contributed by atoms with Crippen LogP contribution in [0, 0.1) is 17.3 Å². The van der Waals surface area contributed by atoms with Gasteiger partial charge in [0.15, 0.2) is 5.41 Å². The summed E-state index contributed by atoms with van der Waals surface area (Å²) in [4.78, 5) is 27.2. The van der Waals surface area contributed by atoms with Gasteiger partial charge in [-0.2, -0.15) is 0 Å². The smallest absolute Gasteiger partial charge is 0.323 e. The molecule has 2 atom stereocenters. The van der Waals surface area contributed by atoms with Crippen molar-refractivity contribution in [3.63, 3.8) is 0 Å². The molecule has 0 aromatic heterocycles. The molecule has 0 saturated heterocycles. The second kappa shape index (κ2) is 7.14. The van der Waals surface area contributed by atoms with E-state index in [9.17, 15) is 9.59 Å². The van der Waals surface area contributed by atoms with E-state index in [2.05, 4.69) is 10.0 Å². The van der Waals surface area contributed by atoms with E-state index in [4.69, 9.17) is 15.0 Å². The molecule has 0 spiro atoms. The van der Waals surface area contributed by atoms with E-state index in [1.807, 2.05) is 6.92 Å². The van der Waals surface area contributed by atoms with Crippen molar-refractivity contribution in [1.82, 2.24) is 0 Å². The van der Waals surface area contributed by atoms with E-state index in [-0.39, 0.29) is 31.6 Å². The lowest BCUT2D eigenvalue weighted by atomic mass is 9.85. The average molecular weight is 283 g/mol. The lowest BCUT2D eigenvalue weighted by Gasteiger charge is -2.24. The van der Waals surface area contributed by atoms with Crippen LogP contribution in [0.3, 0.4) is 0 Å². The fourth-order valence-electron chi connectivity index (χ4n) is 2.79. The number of carbonyl (C=O) groups excluding carboxylic acids is 2. The van der Waals surface area contributed by atoms with E-state index in [0.29, 0.717) is 12.8 Å². The minimum absolute atomic E-state index is 0.0142. The first kappa shape index (κ1) is 16.3. The van der Waals surface area contributed by atoms with Crippen LogP contribution in [0.5, 0.6) is 0 Å². The van der Waals surface area contributed by atoms with Gasteiger partial charge in [-0.15, -0.1) is 0 Å². The third-order valence-electron chi connectivity index (χ3n) is 3.80. The number of ether oxygens (including phenoxy) is 2. The van der Waals surface area contributed by atoms with Crippen LogP contribution in [0.15, 0.2) is 5.11 Å². The first-order chi connectivity index (χ1) is 9.51. The summed E-state index contributed by atoms with van der Waals surface area (Å²) in [5.74, 6) is -0.989.